The van der Waals surface area contributed by atoms with E-state index in [0.717, 1.165) is 54.0 Å². The zero-order valence-corrected chi connectivity index (χ0v) is 17.8. The number of thiazole rings is 1. The Morgan fingerprint density at radius 1 is 1.13 bits per heavy atom. The number of hydrogen-bond donors (Lipinski definition) is 2. The summed E-state index contributed by atoms with van der Waals surface area (Å²) in [5.41, 5.74) is 2.32. The fourth-order valence-corrected chi connectivity index (χ4v) is 4.74. The Bertz CT molecular complexity index is 1130. The number of piperidine rings is 1. The molecule has 1 saturated heterocycles. The van der Waals surface area contributed by atoms with Gasteiger partial charge in [0.2, 0.25) is 5.91 Å². The van der Waals surface area contributed by atoms with Gasteiger partial charge in [-0.05, 0) is 74.2 Å². The number of H-pyrrole nitrogens is 1. The number of benzene rings is 2. The first-order valence-corrected chi connectivity index (χ1v) is 11.2. The van der Waals surface area contributed by atoms with E-state index in [1.54, 1.807) is 18.2 Å². The molecule has 0 saturated carbocycles. The van der Waals surface area contributed by atoms with Crippen LogP contribution < -0.4 is 10.2 Å². The van der Waals surface area contributed by atoms with E-state index >= 15 is 0 Å². The summed E-state index contributed by atoms with van der Waals surface area (Å²) in [6, 6.07) is 11.7. The van der Waals surface area contributed by atoms with Crippen molar-refractivity contribution in [3.63, 3.8) is 0 Å². The van der Waals surface area contributed by atoms with Gasteiger partial charge in [0.05, 0.1) is 23.3 Å². The number of carbonyl (C=O) groups excluding carboxylic acids is 2. The Balaban J connectivity index is 1.20. The number of nitrogens with one attached hydrogen (secondary N) is 2. The highest BCUT2D eigenvalue weighted by molar-refractivity contribution is 7.16. The van der Waals surface area contributed by atoms with Gasteiger partial charge in [-0.2, -0.15) is 0 Å². The lowest BCUT2D eigenvalue weighted by Crippen LogP contribution is -2.42. The van der Waals surface area contributed by atoms with E-state index in [4.69, 9.17) is 0 Å². The molecule has 4 rings (SSSR count). The number of fused-ring (bicyclic) bond motifs is 1. The number of rotatable bonds is 7. The number of likely N-dealkylation sites (tertiary alicyclic amines) is 1. The molecule has 0 bridgehead atoms. The molecule has 3 aromatic rings. The Labute approximate surface area is 183 Å². The van der Waals surface area contributed by atoms with Crippen LogP contribution in [0.15, 0.2) is 47.3 Å². The van der Waals surface area contributed by atoms with E-state index in [1.807, 2.05) is 12.1 Å². The van der Waals surface area contributed by atoms with Crippen molar-refractivity contribution in [1.82, 2.24) is 15.2 Å². The van der Waals surface area contributed by atoms with Gasteiger partial charge >= 0.3 is 4.87 Å². The highest BCUT2D eigenvalue weighted by Crippen LogP contribution is 2.22. The normalized spacial score (nSPS) is 15.3. The number of Topliss-reactive ketones (excluding diaryl/α,β-unsaturated/α-hetero) is 1. The quantitative estimate of drug-likeness (QED) is 0.553. The summed E-state index contributed by atoms with van der Waals surface area (Å²) in [6.07, 6.45) is 2.90. The molecule has 1 aliphatic rings. The van der Waals surface area contributed by atoms with Crippen molar-refractivity contribution in [3.8, 4) is 0 Å². The van der Waals surface area contributed by atoms with Crippen LogP contribution in [0.25, 0.3) is 10.2 Å². The minimum absolute atomic E-state index is 0.0648. The average Bonchev–Trinajstić information content (AvgIpc) is 3.14. The SMILES string of the molecule is O=C(CN1CCC(Cc2ccc(F)cc2)CC1)NCC(=O)c1ccc2[nH]c(=O)sc2c1. The number of amides is 1. The van der Waals surface area contributed by atoms with E-state index < -0.39 is 0 Å². The fourth-order valence-electron chi connectivity index (χ4n) is 3.96. The Kier molecular flexibility index (Phi) is 6.58. The largest absolute Gasteiger partial charge is 0.348 e. The summed E-state index contributed by atoms with van der Waals surface area (Å²) >= 11 is 1.06. The average molecular weight is 442 g/mol. The molecule has 8 heteroatoms. The molecule has 0 unspecified atom stereocenters. The van der Waals surface area contributed by atoms with Crippen LogP contribution in [0.5, 0.6) is 0 Å². The first kappa shape index (κ1) is 21.4. The van der Waals surface area contributed by atoms with E-state index in [1.165, 1.54) is 12.1 Å². The molecule has 162 valence electrons. The van der Waals surface area contributed by atoms with Gasteiger partial charge in [-0.3, -0.25) is 19.3 Å². The summed E-state index contributed by atoms with van der Waals surface area (Å²) in [5, 5.41) is 2.71. The maximum absolute atomic E-state index is 13.0. The highest BCUT2D eigenvalue weighted by Gasteiger charge is 2.21. The van der Waals surface area contributed by atoms with Gasteiger partial charge in [-0.1, -0.05) is 23.5 Å². The van der Waals surface area contributed by atoms with Crippen LogP contribution in [0.2, 0.25) is 0 Å². The van der Waals surface area contributed by atoms with Crippen LogP contribution in [0.1, 0.15) is 28.8 Å². The lowest BCUT2D eigenvalue weighted by Gasteiger charge is -2.31. The maximum Gasteiger partial charge on any atom is 0.305 e. The molecule has 0 aliphatic carbocycles. The van der Waals surface area contributed by atoms with Crippen LogP contribution in [-0.4, -0.2) is 47.8 Å². The molecule has 1 amide bonds. The van der Waals surface area contributed by atoms with Crippen molar-refractivity contribution < 1.29 is 14.0 Å². The van der Waals surface area contributed by atoms with Crippen molar-refractivity contribution >= 4 is 33.2 Å². The Morgan fingerprint density at radius 2 is 1.87 bits per heavy atom. The van der Waals surface area contributed by atoms with Crippen molar-refractivity contribution in [2.75, 3.05) is 26.2 Å². The Morgan fingerprint density at radius 3 is 2.61 bits per heavy atom. The van der Waals surface area contributed by atoms with Gasteiger partial charge in [0.15, 0.2) is 5.78 Å². The Hall–Kier alpha value is -2.84. The van der Waals surface area contributed by atoms with Gasteiger partial charge in [-0.15, -0.1) is 0 Å². The molecule has 1 aliphatic heterocycles. The van der Waals surface area contributed by atoms with Crippen LogP contribution in [-0.2, 0) is 11.2 Å². The number of halogens is 1. The van der Waals surface area contributed by atoms with Gasteiger partial charge < -0.3 is 10.3 Å². The van der Waals surface area contributed by atoms with Crippen LogP contribution in [0, 0.1) is 11.7 Å². The first-order valence-electron chi connectivity index (χ1n) is 10.4. The van der Waals surface area contributed by atoms with E-state index in [-0.39, 0.29) is 35.5 Å². The van der Waals surface area contributed by atoms with Crippen molar-refractivity contribution in [2.45, 2.75) is 19.3 Å². The van der Waals surface area contributed by atoms with E-state index in [9.17, 15) is 18.8 Å². The molecule has 2 heterocycles. The summed E-state index contributed by atoms with van der Waals surface area (Å²) < 4.78 is 13.8. The second-order valence-corrected chi connectivity index (χ2v) is 8.99. The summed E-state index contributed by atoms with van der Waals surface area (Å²) in [7, 11) is 0. The predicted molar refractivity (Wildman–Crippen MR) is 119 cm³/mol. The topological polar surface area (TPSA) is 82.3 Å². The minimum Gasteiger partial charge on any atom is -0.348 e. The zero-order valence-electron chi connectivity index (χ0n) is 17.0. The first-order chi connectivity index (χ1) is 15.0. The van der Waals surface area contributed by atoms with Crippen LogP contribution in [0.4, 0.5) is 4.39 Å². The third-order valence-corrected chi connectivity index (χ3v) is 6.55. The molecular formula is C23H24FN3O3S. The lowest BCUT2D eigenvalue weighted by atomic mass is 9.90. The monoisotopic (exact) mass is 441 g/mol. The van der Waals surface area contributed by atoms with Gasteiger partial charge in [0.25, 0.3) is 0 Å². The number of carbonyl (C=O) groups is 2. The molecule has 6 nitrogen and oxygen atoms in total. The summed E-state index contributed by atoms with van der Waals surface area (Å²) in [6.45, 7) is 1.87. The third kappa shape index (κ3) is 5.65. The molecule has 0 radical (unpaired) electrons. The molecule has 1 fully saturated rings. The summed E-state index contributed by atoms with van der Waals surface area (Å²) in [4.78, 5) is 40.7. The highest BCUT2D eigenvalue weighted by atomic mass is 32.1. The molecule has 1 aromatic heterocycles. The van der Waals surface area contributed by atoms with Gasteiger partial charge in [0.1, 0.15) is 5.82 Å². The maximum atomic E-state index is 13.0. The number of ketones is 1. The molecule has 2 aromatic carbocycles. The van der Waals surface area contributed by atoms with Crippen molar-refractivity contribution in [3.05, 3.63) is 69.1 Å². The third-order valence-electron chi connectivity index (χ3n) is 5.70. The fraction of sp³-hybridized carbons (Fsp3) is 0.348. The number of aromatic nitrogens is 1. The second-order valence-electron chi connectivity index (χ2n) is 7.98. The second kappa shape index (κ2) is 9.53. The van der Waals surface area contributed by atoms with Crippen molar-refractivity contribution in [2.24, 2.45) is 5.92 Å². The van der Waals surface area contributed by atoms with Crippen LogP contribution in [0.3, 0.4) is 0 Å². The van der Waals surface area contributed by atoms with E-state index in [0.29, 0.717) is 17.0 Å². The molecule has 31 heavy (non-hydrogen) atoms. The standard InChI is InChI=1S/C23H24FN3O3S/c24-18-4-1-15(2-5-18)11-16-7-9-27(10-8-16)14-22(29)25-13-20(28)17-3-6-19-21(12-17)31-23(30)26-19/h1-6,12,16H,7-11,13-14H2,(H,25,29)(H,26,30). The van der Waals surface area contributed by atoms with E-state index in [2.05, 4.69) is 15.2 Å². The molecule has 0 spiro atoms. The van der Waals surface area contributed by atoms with Gasteiger partial charge in [0, 0.05) is 5.56 Å². The lowest BCUT2D eigenvalue weighted by molar-refractivity contribution is -0.122. The van der Waals surface area contributed by atoms with Crippen LogP contribution >= 0.6 is 11.3 Å². The molecule has 2 N–H and O–H groups in total. The smallest absolute Gasteiger partial charge is 0.305 e. The number of nitrogens with zero attached hydrogens (tertiary/aromatic N) is 1. The van der Waals surface area contributed by atoms with Gasteiger partial charge in [-0.25, -0.2) is 4.39 Å². The number of hydrogen-bond acceptors (Lipinski definition) is 5. The van der Waals surface area contributed by atoms with Crippen molar-refractivity contribution in [1.29, 1.82) is 0 Å². The zero-order chi connectivity index (χ0) is 21.8. The summed E-state index contributed by atoms with van der Waals surface area (Å²) in [5.74, 6) is -0.0394. The predicted octanol–water partition coefficient (Wildman–Crippen LogP) is 2.98. The minimum atomic E-state index is -0.217. The molecule has 0 atom stereocenters. The number of aromatic amines is 1. The molecular weight excluding hydrogens is 417 g/mol.